The summed E-state index contributed by atoms with van der Waals surface area (Å²) in [5, 5.41) is 5.04. The molecule has 0 atom stereocenters. The van der Waals surface area contributed by atoms with Crippen molar-refractivity contribution in [1.82, 2.24) is 9.97 Å². The van der Waals surface area contributed by atoms with Gasteiger partial charge in [-0.2, -0.15) is 0 Å². The van der Waals surface area contributed by atoms with Gasteiger partial charge in [-0.05, 0) is 37.5 Å². The molecule has 0 bridgehead atoms. The van der Waals surface area contributed by atoms with Crippen molar-refractivity contribution < 1.29 is 9.18 Å². The first-order valence-electron chi connectivity index (χ1n) is 8.93. The van der Waals surface area contributed by atoms with Crippen molar-refractivity contribution in [2.45, 2.75) is 19.3 Å². The van der Waals surface area contributed by atoms with Crippen LogP contribution in [0.4, 0.5) is 15.8 Å². The molecule has 1 N–H and O–H groups in total. The highest BCUT2D eigenvalue weighted by atomic mass is 32.1. The number of nitrogens with one attached hydrogen (secondary N) is 1. The smallest absolute Gasteiger partial charge is 0.275 e. The van der Waals surface area contributed by atoms with Crippen molar-refractivity contribution in [1.29, 1.82) is 0 Å². The Morgan fingerprint density at radius 3 is 2.78 bits per heavy atom. The maximum Gasteiger partial charge on any atom is 0.275 e. The number of anilines is 2. The number of aromatic nitrogens is 2. The van der Waals surface area contributed by atoms with Crippen molar-refractivity contribution >= 4 is 28.6 Å². The van der Waals surface area contributed by atoms with Gasteiger partial charge in [0.05, 0.1) is 17.6 Å². The summed E-state index contributed by atoms with van der Waals surface area (Å²) in [5.74, 6) is -0.668. The highest BCUT2D eigenvalue weighted by Gasteiger charge is 2.18. The van der Waals surface area contributed by atoms with Crippen LogP contribution in [0, 0.1) is 5.82 Å². The second-order valence-electron chi connectivity index (χ2n) is 6.41. The molecule has 1 aromatic carbocycles. The molecule has 0 unspecified atom stereocenters. The molecule has 1 fully saturated rings. The molecule has 1 amide bonds. The van der Waals surface area contributed by atoms with Crippen LogP contribution in [0.1, 0.15) is 29.8 Å². The lowest BCUT2D eigenvalue weighted by molar-refractivity contribution is 0.102. The molecule has 4 rings (SSSR count). The van der Waals surface area contributed by atoms with E-state index in [0.717, 1.165) is 31.6 Å². The predicted molar refractivity (Wildman–Crippen MR) is 106 cm³/mol. The first-order chi connectivity index (χ1) is 13.2. The number of hydrogen-bond donors (Lipinski definition) is 1. The van der Waals surface area contributed by atoms with Gasteiger partial charge in [0, 0.05) is 30.2 Å². The summed E-state index contributed by atoms with van der Waals surface area (Å²) in [6.45, 7) is 1.95. The Kier molecular flexibility index (Phi) is 5.11. The molecule has 0 saturated carbocycles. The van der Waals surface area contributed by atoms with E-state index in [1.165, 1.54) is 23.8 Å². The summed E-state index contributed by atoms with van der Waals surface area (Å²) < 4.78 is 13.9. The summed E-state index contributed by atoms with van der Waals surface area (Å²) in [6.07, 6.45) is 6.92. The maximum atomic E-state index is 13.9. The van der Waals surface area contributed by atoms with Crippen molar-refractivity contribution in [3.05, 3.63) is 59.6 Å². The standard InChI is InChI=1S/C20H19FN4OS/c21-15-7-3-2-6-14(15)20-24-17(13-27-20)19(26)23-16-12-22-9-8-18(16)25-10-4-1-5-11-25/h2-3,6-9,12-13H,1,4-5,10-11H2,(H,23,26). The first kappa shape index (κ1) is 17.6. The molecule has 0 aliphatic carbocycles. The molecule has 0 spiro atoms. The molecule has 3 heterocycles. The lowest BCUT2D eigenvalue weighted by Gasteiger charge is -2.30. The van der Waals surface area contributed by atoms with Gasteiger partial charge in [0.25, 0.3) is 5.91 Å². The molecular formula is C20H19FN4OS. The summed E-state index contributed by atoms with van der Waals surface area (Å²) in [5.41, 5.74) is 2.32. The lowest BCUT2D eigenvalue weighted by Crippen LogP contribution is -2.30. The van der Waals surface area contributed by atoms with Gasteiger partial charge in [-0.25, -0.2) is 9.37 Å². The number of nitrogens with zero attached hydrogens (tertiary/aromatic N) is 3. The first-order valence-corrected chi connectivity index (χ1v) is 9.81. The Morgan fingerprint density at radius 1 is 1.15 bits per heavy atom. The average molecular weight is 382 g/mol. The van der Waals surface area contributed by atoms with Gasteiger partial charge in [-0.15, -0.1) is 11.3 Å². The molecule has 1 saturated heterocycles. The van der Waals surface area contributed by atoms with Gasteiger partial charge in [0.2, 0.25) is 0 Å². The van der Waals surface area contributed by atoms with Gasteiger partial charge in [0.15, 0.2) is 0 Å². The van der Waals surface area contributed by atoms with Gasteiger partial charge in [-0.3, -0.25) is 9.78 Å². The summed E-state index contributed by atoms with van der Waals surface area (Å²) in [6, 6.07) is 8.35. The Morgan fingerprint density at radius 2 is 1.96 bits per heavy atom. The van der Waals surface area contributed by atoms with Crippen molar-refractivity contribution in [2.24, 2.45) is 0 Å². The van der Waals surface area contributed by atoms with Crippen LogP contribution in [0.15, 0.2) is 48.1 Å². The third-order valence-electron chi connectivity index (χ3n) is 4.58. The van der Waals surface area contributed by atoms with Crippen molar-refractivity contribution in [2.75, 3.05) is 23.3 Å². The summed E-state index contributed by atoms with van der Waals surface area (Å²) in [7, 11) is 0. The third-order valence-corrected chi connectivity index (χ3v) is 5.46. The van der Waals surface area contributed by atoms with Crippen LogP contribution >= 0.6 is 11.3 Å². The van der Waals surface area contributed by atoms with Crippen LogP contribution in [0.2, 0.25) is 0 Å². The van der Waals surface area contributed by atoms with E-state index in [4.69, 9.17) is 0 Å². The van der Waals surface area contributed by atoms with Crippen LogP contribution < -0.4 is 10.2 Å². The molecular weight excluding hydrogens is 363 g/mol. The molecule has 7 heteroatoms. The Labute approximate surface area is 160 Å². The number of carbonyl (C=O) groups is 1. The molecule has 0 radical (unpaired) electrons. The van der Waals surface area contributed by atoms with E-state index in [-0.39, 0.29) is 17.4 Å². The Balaban J connectivity index is 1.54. The summed E-state index contributed by atoms with van der Waals surface area (Å²) in [4.78, 5) is 23.4. The van der Waals surface area contributed by atoms with Crippen molar-refractivity contribution in [3.63, 3.8) is 0 Å². The minimum Gasteiger partial charge on any atom is -0.370 e. The van der Waals surface area contributed by atoms with E-state index >= 15 is 0 Å². The second kappa shape index (κ2) is 7.84. The number of carbonyl (C=O) groups excluding carboxylic acids is 1. The fourth-order valence-corrected chi connectivity index (χ4v) is 4.04. The van der Waals surface area contributed by atoms with Crippen LogP contribution in [-0.4, -0.2) is 29.0 Å². The van der Waals surface area contributed by atoms with Gasteiger partial charge >= 0.3 is 0 Å². The fraction of sp³-hybridized carbons (Fsp3) is 0.250. The molecule has 138 valence electrons. The molecule has 2 aromatic heterocycles. The molecule has 1 aliphatic rings. The largest absolute Gasteiger partial charge is 0.370 e. The predicted octanol–water partition coefficient (Wildman–Crippen LogP) is 4.59. The third kappa shape index (κ3) is 3.83. The van der Waals surface area contributed by atoms with E-state index < -0.39 is 0 Å². The Bertz CT molecular complexity index is 952. The summed E-state index contributed by atoms with van der Waals surface area (Å²) >= 11 is 1.25. The highest BCUT2D eigenvalue weighted by molar-refractivity contribution is 7.13. The number of thiazole rings is 1. The lowest BCUT2D eigenvalue weighted by atomic mass is 10.1. The number of rotatable bonds is 4. The number of hydrogen-bond acceptors (Lipinski definition) is 5. The average Bonchev–Trinajstić information content (AvgIpc) is 3.19. The normalized spacial score (nSPS) is 14.2. The van der Waals surface area contributed by atoms with E-state index in [1.54, 1.807) is 36.0 Å². The molecule has 27 heavy (non-hydrogen) atoms. The zero-order chi connectivity index (χ0) is 18.6. The van der Waals surface area contributed by atoms with Crippen LogP contribution in [0.3, 0.4) is 0 Å². The number of halogens is 1. The zero-order valence-corrected chi connectivity index (χ0v) is 15.5. The van der Waals surface area contributed by atoms with Gasteiger partial charge in [0.1, 0.15) is 16.5 Å². The quantitative estimate of drug-likeness (QED) is 0.717. The van der Waals surface area contributed by atoms with E-state index in [2.05, 4.69) is 20.2 Å². The zero-order valence-electron chi connectivity index (χ0n) is 14.7. The van der Waals surface area contributed by atoms with Crippen LogP contribution in [-0.2, 0) is 0 Å². The van der Waals surface area contributed by atoms with E-state index in [1.807, 2.05) is 6.07 Å². The van der Waals surface area contributed by atoms with E-state index in [9.17, 15) is 9.18 Å². The van der Waals surface area contributed by atoms with Crippen LogP contribution in [0.25, 0.3) is 10.6 Å². The minimum atomic E-state index is -0.349. The van der Waals surface area contributed by atoms with Gasteiger partial charge < -0.3 is 10.2 Å². The SMILES string of the molecule is O=C(Nc1cnccc1N1CCCCC1)c1csc(-c2ccccc2F)n1. The fourth-order valence-electron chi connectivity index (χ4n) is 3.22. The maximum absolute atomic E-state index is 13.9. The molecule has 1 aliphatic heterocycles. The van der Waals surface area contributed by atoms with Crippen molar-refractivity contribution in [3.8, 4) is 10.6 Å². The van der Waals surface area contributed by atoms with E-state index in [0.29, 0.717) is 16.3 Å². The minimum absolute atomic E-state index is 0.270. The number of pyridine rings is 1. The number of piperidine rings is 1. The Hall–Kier alpha value is -2.80. The van der Waals surface area contributed by atoms with Crippen LogP contribution in [0.5, 0.6) is 0 Å². The topological polar surface area (TPSA) is 58.1 Å². The second-order valence-corrected chi connectivity index (χ2v) is 7.27. The molecule has 5 nitrogen and oxygen atoms in total. The molecule has 3 aromatic rings. The number of benzene rings is 1. The highest BCUT2D eigenvalue weighted by Crippen LogP contribution is 2.29. The number of amides is 1. The monoisotopic (exact) mass is 382 g/mol. The van der Waals surface area contributed by atoms with Gasteiger partial charge in [-0.1, -0.05) is 12.1 Å².